The van der Waals surface area contributed by atoms with E-state index < -0.39 is 57.7 Å². The monoisotopic (exact) mass is 392 g/mol. The fourth-order valence-corrected chi connectivity index (χ4v) is 2.65. The second-order valence-corrected chi connectivity index (χ2v) is 8.13. The van der Waals surface area contributed by atoms with Gasteiger partial charge in [0.2, 0.25) is 5.88 Å². The third-order valence-electron chi connectivity index (χ3n) is 3.61. The van der Waals surface area contributed by atoms with Gasteiger partial charge >= 0.3 is 0 Å². The van der Waals surface area contributed by atoms with Crippen LogP contribution in [0.5, 0.6) is 11.6 Å². The molecule has 0 radical (unpaired) electrons. The van der Waals surface area contributed by atoms with E-state index in [-0.39, 0.29) is 17.4 Å². The zero-order valence-electron chi connectivity index (χ0n) is 19.7. The maximum absolute atomic E-state index is 12.8. The highest BCUT2D eigenvalue weighted by atomic mass is 32.2. The number of carbonyl (C=O) groups is 1. The number of carbonyl (C=O) groups excluding carboxylic acids is 1. The van der Waals surface area contributed by atoms with E-state index in [9.17, 15) is 13.2 Å². The molecule has 1 fully saturated rings. The molecule has 1 aliphatic rings. The molecule has 1 aromatic heterocycles. The van der Waals surface area contributed by atoms with Crippen LogP contribution >= 0.6 is 0 Å². The van der Waals surface area contributed by atoms with Crippen LogP contribution in [0.15, 0.2) is 47.9 Å². The third-order valence-corrected chi connectivity index (χ3v) is 4.26. The Kier molecular flexibility index (Phi) is 3.92. The summed E-state index contributed by atoms with van der Waals surface area (Å²) >= 11 is 0. The quantitative estimate of drug-likeness (QED) is 0.778. The Morgan fingerprint density at radius 3 is 2.70 bits per heavy atom. The number of para-hydroxylation sites is 1. The van der Waals surface area contributed by atoms with Crippen LogP contribution in [0.3, 0.4) is 0 Å². The number of ether oxygens (including phenoxy) is 1. The van der Waals surface area contributed by atoms with E-state index in [1.807, 2.05) is 0 Å². The van der Waals surface area contributed by atoms with E-state index in [0.717, 1.165) is 24.5 Å². The Hall–Kier alpha value is -2.74. The van der Waals surface area contributed by atoms with Crippen molar-refractivity contribution < 1.29 is 24.8 Å². The first-order chi connectivity index (χ1) is 14.9. The van der Waals surface area contributed by atoms with Gasteiger partial charge in [0.25, 0.3) is 5.91 Å². The van der Waals surface area contributed by atoms with Gasteiger partial charge in [0, 0.05) is 29.8 Å². The SMILES string of the molecule is [2H]c1c([2H])c([2H])c(Oc2nc(C3CC3)ncc2C(=O)N[C@@H](C)/C=C/S(C)(=O)=O)c([2H])c1[2H]. The van der Waals surface area contributed by atoms with E-state index in [4.69, 9.17) is 11.6 Å². The molecule has 3 rings (SSSR count). The summed E-state index contributed by atoms with van der Waals surface area (Å²) in [7, 11) is -3.37. The Morgan fingerprint density at radius 2 is 2.07 bits per heavy atom. The van der Waals surface area contributed by atoms with Gasteiger partial charge in [-0.15, -0.1) is 0 Å². The molecule has 1 atom stereocenters. The molecule has 0 unspecified atom stereocenters. The molecule has 142 valence electrons. The molecule has 27 heavy (non-hydrogen) atoms. The van der Waals surface area contributed by atoms with Crippen LogP contribution in [0.25, 0.3) is 0 Å². The Balaban J connectivity index is 1.98. The molecule has 1 amide bonds. The topological polar surface area (TPSA) is 98.2 Å². The van der Waals surface area contributed by atoms with Crippen LogP contribution in [0.1, 0.15) is 48.7 Å². The summed E-state index contributed by atoms with van der Waals surface area (Å²) in [6.07, 6.45) is 5.30. The van der Waals surface area contributed by atoms with Gasteiger partial charge < -0.3 is 10.1 Å². The lowest BCUT2D eigenvalue weighted by molar-refractivity contribution is 0.0943. The summed E-state index contributed by atoms with van der Waals surface area (Å²) in [6, 6.07) is -3.53. The average molecular weight is 392 g/mol. The number of hydrogen-bond donors (Lipinski definition) is 1. The Bertz CT molecular complexity index is 1190. The lowest BCUT2D eigenvalue weighted by atomic mass is 10.2. The molecule has 0 spiro atoms. The van der Waals surface area contributed by atoms with Gasteiger partial charge in [-0.05, 0) is 31.9 Å². The van der Waals surface area contributed by atoms with E-state index in [2.05, 4.69) is 15.3 Å². The first-order valence-corrected chi connectivity index (χ1v) is 10.1. The average Bonchev–Trinajstić information content (AvgIpc) is 3.57. The van der Waals surface area contributed by atoms with Crippen LogP contribution in [0, 0.1) is 0 Å². The molecular formula is C19H21N3O4S. The van der Waals surface area contributed by atoms with Gasteiger partial charge in [0.1, 0.15) is 17.1 Å². The van der Waals surface area contributed by atoms with E-state index >= 15 is 0 Å². The number of nitrogens with zero attached hydrogens (tertiary/aromatic N) is 2. The first kappa shape index (κ1) is 13.4. The highest BCUT2D eigenvalue weighted by Crippen LogP contribution is 2.39. The number of sulfone groups is 1. The smallest absolute Gasteiger partial charge is 0.258 e. The maximum atomic E-state index is 12.8. The van der Waals surface area contributed by atoms with Crippen LogP contribution in [0.2, 0.25) is 0 Å². The molecule has 0 aliphatic heterocycles. The van der Waals surface area contributed by atoms with Gasteiger partial charge in [-0.25, -0.2) is 13.4 Å². The second-order valence-electron chi connectivity index (χ2n) is 6.20. The minimum absolute atomic E-state index is 0.103. The Labute approximate surface area is 165 Å². The lowest BCUT2D eigenvalue weighted by Gasteiger charge is -2.13. The normalized spacial score (nSPS) is 18.1. The van der Waals surface area contributed by atoms with Gasteiger partial charge in [-0.1, -0.05) is 24.2 Å². The first-order valence-electron chi connectivity index (χ1n) is 10.7. The summed E-state index contributed by atoms with van der Waals surface area (Å²) in [5.41, 5.74) is -0.124. The number of nitrogens with one attached hydrogen (secondary N) is 1. The summed E-state index contributed by atoms with van der Waals surface area (Å²) in [5.74, 6) is -0.867. The maximum Gasteiger partial charge on any atom is 0.258 e. The van der Waals surface area contributed by atoms with Crippen molar-refractivity contribution in [2.45, 2.75) is 31.7 Å². The highest BCUT2D eigenvalue weighted by molar-refractivity contribution is 7.93. The van der Waals surface area contributed by atoms with Crippen molar-refractivity contribution in [3.63, 3.8) is 0 Å². The molecule has 2 aromatic rings. The molecule has 7 nitrogen and oxygen atoms in total. The molecule has 1 saturated carbocycles. The van der Waals surface area contributed by atoms with Crippen molar-refractivity contribution in [3.8, 4) is 11.6 Å². The molecule has 1 aromatic carbocycles. The second kappa shape index (κ2) is 7.87. The van der Waals surface area contributed by atoms with E-state index in [1.165, 1.54) is 12.3 Å². The van der Waals surface area contributed by atoms with Crippen molar-refractivity contribution in [2.75, 3.05) is 6.26 Å². The van der Waals surface area contributed by atoms with E-state index in [1.54, 1.807) is 6.92 Å². The van der Waals surface area contributed by atoms with E-state index in [0.29, 0.717) is 5.82 Å². The van der Waals surface area contributed by atoms with Crippen molar-refractivity contribution in [1.29, 1.82) is 0 Å². The van der Waals surface area contributed by atoms with Gasteiger partial charge in [-0.3, -0.25) is 4.79 Å². The zero-order chi connectivity index (χ0) is 23.8. The number of rotatable bonds is 7. The molecule has 1 heterocycles. The number of aromatic nitrogens is 2. The number of amides is 1. The number of hydrogen-bond acceptors (Lipinski definition) is 6. The largest absolute Gasteiger partial charge is 0.438 e. The van der Waals surface area contributed by atoms with Crippen LogP contribution in [-0.4, -0.2) is 36.6 Å². The van der Waals surface area contributed by atoms with Gasteiger partial charge in [-0.2, -0.15) is 4.98 Å². The fraction of sp³-hybridized carbons (Fsp3) is 0.316. The van der Waals surface area contributed by atoms with Crippen LogP contribution in [0.4, 0.5) is 0 Å². The third kappa shape index (κ3) is 5.62. The minimum Gasteiger partial charge on any atom is -0.438 e. The molecule has 8 heteroatoms. The molecule has 0 bridgehead atoms. The fourth-order valence-electron chi connectivity index (χ4n) is 2.13. The number of benzene rings is 1. The lowest BCUT2D eigenvalue weighted by Crippen LogP contribution is -2.31. The van der Waals surface area contributed by atoms with Gasteiger partial charge in [0.05, 0.1) is 6.85 Å². The molecule has 1 aliphatic carbocycles. The Morgan fingerprint density at radius 1 is 1.37 bits per heavy atom. The van der Waals surface area contributed by atoms with Crippen molar-refractivity contribution in [2.24, 2.45) is 0 Å². The predicted octanol–water partition coefficient (Wildman–Crippen LogP) is 2.82. The summed E-state index contributed by atoms with van der Waals surface area (Å²) in [4.78, 5) is 21.2. The highest BCUT2D eigenvalue weighted by Gasteiger charge is 2.28. The summed E-state index contributed by atoms with van der Waals surface area (Å²) in [5, 5.41) is 3.54. The minimum atomic E-state index is -3.37. The van der Waals surface area contributed by atoms with Crippen LogP contribution < -0.4 is 10.1 Å². The zero-order valence-corrected chi connectivity index (χ0v) is 15.6. The van der Waals surface area contributed by atoms with Crippen molar-refractivity contribution in [1.82, 2.24) is 15.3 Å². The van der Waals surface area contributed by atoms with Gasteiger partial charge in [0.15, 0.2) is 9.84 Å². The van der Waals surface area contributed by atoms with Crippen molar-refractivity contribution >= 4 is 15.7 Å². The molecular weight excluding hydrogens is 366 g/mol. The molecule has 0 saturated heterocycles. The van der Waals surface area contributed by atoms with Crippen LogP contribution in [-0.2, 0) is 9.84 Å². The summed E-state index contributed by atoms with van der Waals surface area (Å²) < 4.78 is 67.5. The van der Waals surface area contributed by atoms with Crippen molar-refractivity contribution in [3.05, 3.63) is 59.3 Å². The molecule has 1 N–H and O–H groups in total. The predicted molar refractivity (Wildman–Crippen MR) is 101 cm³/mol. The standard InChI is InChI=1S/C19H21N3O4S/c1-13(10-11-27(2,24)25)21-18(23)16-12-20-17(14-8-9-14)22-19(16)26-15-6-4-3-5-7-15/h3-7,10-14H,8-9H2,1-2H3,(H,21,23)/b11-10+/t13-/m0/s1/i3D,4D,5D,6D,7D. The summed E-state index contributed by atoms with van der Waals surface area (Å²) in [6.45, 7) is 1.56.